The van der Waals surface area contributed by atoms with Gasteiger partial charge in [0.2, 0.25) is 0 Å². The smallest absolute Gasteiger partial charge is 0.192 e. The number of nitriles is 2. The summed E-state index contributed by atoms with van der Waals surface area (Å²) >= 11 is 0. The Balaban J connectivity index is 3.93. The van der Waals surface area contributed by atoms with Crippen molar-refractivity contribution in [3.63, 3.8) is 0 Å². The summed E-state index contributed by atoms with van der Waals surface area (Å²) in [5.74, 6) is 0. The number of alkyl halides is 3. The van der Waals surface area contributed by atoms with E-state index in [0.29, 0.717) is 0 Å². The lowest BCUT2D eigenvalue weighted by molar-refractivity contribution is -0.137. The number of rotatable bonds is 1. The molecular formula is C9H2F8N2S. The Hall–Kier alpha value is -2.01. The van der Waals surface area contributed by atoms with Crippen LogP contribution in [0.1, 0.15) is 16.7 Å². The highest BCUT2D eigenvalue weighted by atomic mass is 32.5. The Labute approximate surface area is 106 Å². The Kier molecular flexibility index (Phi) is 2.85. The van der Waals surface area contributed by atoms with E-state index in [-0.39, 0.29) is 0 Å². The van der Waals surface area contributed by atoms with Crippen LogP contribution in [0.2, 0.25) is 0 Å². The van der Waals surface area contributed by atoms with Crippen LogP contribution in [0.3, 0.4) is 0 Å². The highest BCUT2D eigenvalue weighted by Crippen LogP contribution is 3.02. The molecule has 0 unspecified atom stereocenters. The molecule has 0 radical (unpaired) electrons. The minimum Gasteiger partial charge on any atom is -0.192 e. The second-order valence-corrected chi connectivity index (χ2v) is 5.99. The second-order valence-electron chi connectivity index (χ2n) is 3.58. The predicted molar refractivity (Wildman–Crippen MR) is 52.3 cm³/mol. The number of hydrogen-bond acceptors (Lipinski definition) is 2. The van der Waals surface area contributed by atoms with Crippen molar-refractivity contribution in [1.82, 2.24) is 0 Å². The third kappa shape index (κ3) is 3.11. The molecule has 1 rings (SSSR count). The average Bonchev–Trinajstić information content (AvgIpc) is 2.22. The van der Waals surface area contributed by atoms with Crippen LogP contribution in [0.25, 0.3) is 0 Å². The summed E-state index contributed by atoms with van der Waals surface area (Å²) in [6.45, 7) is 0. The van der Waals surface area contributed by atoms with Crippen LogP contribution in [-0.2, 0) is 6.18 Å². The lowest BCUT2D eigenvalue weighted by Gasteiger charge is -2.40. The molecule has 0 saturated carbocycles. The van der Waals surface area contributed by atoms with Gasteiger partial charge in [-0.3, -0.25) is 0 Å². The highest BCUT2D eigenvalue weighted by Gasteiger charge is 2.66. The van der Waals surface area contributed by atoms with Gasteiger partial charge in [0, 0.05) is 0 Å². The zero-order chi connectivity index (χ0) is 16.0. The van der Waals surface area contributed by atoms with Crippen LogP contribution in [-0.4, -0.2) is 0 Å². The van der Waals surface area contributed by atoms with Gasteiger partial charge in [-0.1, -0.05) is 19.4 Å². The minimum atomic E-state index is -10.4. The largest absolute Gasteiger partial charge is 0.417 e. The third-order valence-corrected chi connectivity index (χ3v) is 3.22. The highest BCUT2D eigenvalue weighted by molar-refractivity contribution is 8.45. The zero-order valence-corrected chi connectivity index (χ0v) is 9.80. The molecule has 20 heavy (non-hydrogen) atoms. The van der Waals surface area contributed by atoms with E-state index in [1.807, 2.05) is 0 Å². The normalized spacial score (nSPS) is 15.7. The van der Waals surface area contributed by atoms with Crippen molar-refractivity contribution in [3.05, 3.63) is 28.8 Å². The van der Waals surface area contributed by atoms with E-state index in [9.17, 15) is 32.6 Å². The molecule has 1 aromatic rings. The van der Waals surface area contributed by atoms with E-state index < -0.39 is 50.1 Å². The van der Waals surface area contributed by atoms with Crippen LogP contribution in [0, 0.1) is 22.7 Å². The number of halogens is 8. The SMILES string of the molecule is N#Cc1cc(S(F)(F)(F)(F)F)cc(C(F)(F)F)c1C#N. The van der Waals surface area contributed by atoms with Gasteiger partial charge >= 0.3 is 16.4 Å². The zero-order valence-electron chi connectivity index (χ0n) is 8.98. The number of nitrogens with zero attached hydrogens (tertiary/aromatic N) is 2. The van der Waals surface area contributed by atoms with Gasteiger partial charge in [-0.15, -0.1) is 0 Å². The molecule has 0 amide bonds. The van der Waals surface area contributed by atoms with Crippen molar-refractivity contribution in [2.75, 3.05) is 0 Å². The van der Waals surface area contributed by atoms with E-state index >= 15 is 0 Å². The fourth-order valence-corrected chi connectivity index (χ4v) is 1.95. The fourth-order valence-electron chi connectivity index (χ4n) is 1.27. The van der Waals surface area contributed by atoms with Crippen molar-refractivity contribution in [2.24, 2.45) is 0 Å². The van der Waals surface area contributed by atoms with Crippen molar-refractivity contribution >= 4 is 10.2 Å². The molecule has 0 heterocycles. The molecule has 110 valence electrons. The summed E-state index contributed by atoms with van der Waals surface area (Å²) in [6, 6.07) is 0.430. The van der Waals surface area contributed by atoms with Crippen LogP contribution in [0.15, 0.2) is 17.0 Å². The summed E-state index contributed by atoms with van der Waals surface area (Å²) in [5.41, 5.74) is -5.10. The van der Waals surface area contributed by atoms with Crippen molar-refractivity contribution in [2.45, 2.75) is 11.1 Å². The van der Waals surface area contributed by atoms with Gasteiger partial charge in [0.25, 0.3) is 0 Å². The third-order valence-electron chi connectivity index (χ3n) is 2.09. The van der Waals surface area contributed by atoms with E-state index in [2.05, 4.69) is 0 Å². The maximum Gasteiger partial charge on any atom is 0.417 e. The predicted octanol–water partition coefficient (Wildman–Crippen LogP) is 5.11. The molecule has 0 aliphatic rings. The molecule has 0 saturated heterocycles. The van der Waals surface area contributed by atoms with Crippen molar-refractivity contribution in [3.8, 4) is 12.1 Å². The van der Waals surface area contributed by atoms with Crippen molar-refractivity contribution < 1.29 is 32.6 Å². The van der Waals surface area contributed by atoms with Crippen LogP contribution in [0.4, 0.5) is 32.6 Å². The monoisotopic (exact) mass is 322 g/mol. The molecule has 2 nitrogen and oxygen atoms in total. The number of benzene rings is 1. The molecule has 0 bridgehead atoms. The second kappa shape index (κ2) is 3.55. The van der Waals surface area contributed by atoms with Gasteiger partial charge in [-0.05, 0) is 12.1 Å². The summed E-state index contributed by atoms with van der Waals surface area (Å²) < 4.78 is 100. The maximum absolute atomic E-state index is 12.5. The van der Waals surface area contributed by atoms with E-state index in [0.717, 1.165) is 12.1 Å². The molecule has 1 aromatic carbocycles. The Morgan fingerprint density at radius 3 is 1.70 bits per heavy atom. The average molecular weight is 322 g/mol. The first kappa shape index (κ1) is 16.0. The van der Waals surface area contributed by atoms with Gasteiger partial charge in [-0.25, -0.2) is 0 Å². The van der Waals surface area contributed by atoms with Crippen LogP contribution >= 0.6 is 10.2 Å². The molecule has 0 atom stereocenters. The van der Waals surface area contributed by atoms with Gasteiger partial charge in [0.15, 0.2) is 0 Å². The molecule has 0 fully saturated rings. The first-order valence-electron chi connectivity index (χ1n) is 4.39. The lowest BCUT2D eigenvalue weighted by Crippen LogP contribution is -2.14. The van der Waals surface area contributed by atoms with Gasteiger partial charge in [0.05, 0.1) is 16.7 Å². The molecule has 0 aliphatic carbocycles. The molecule has 0 N–H and O–H groups in total. The quantitative estimate of drug-likeness (QED) is 0.675. The topological polar surface area (TPSA) is 47.6 Å². The lowest BCUT2D eigenvalue weighted by atomic mass is 10.0. The van der Waals surface area contributed by atoms with E-state index in [4.69, 9.17) is 10.5 Å². The molecular weight excluding hydrogens is 320 g/mol. The van der Waals surface area contributed by atoms with Gasteiger partial charge in [-0.2, -0.15) is 23.7 Å². The first-order chi connectivity index (χ1) is 8.60. The van der Waals surface area contributed by atoms with Gasteiger partial charge < -0.3 is 0 Å². The number of hydrogen-bond donors (Lipinski definition) is 0. The summed E-state index contributed by atoms with van der Waals surface area (Å²) in [6.07, 6.45) is -5.49. The summed E-state index contributed by atoms with van der Waals surface area (Å²) in [5, 5.41) is 16.9. The molecule has 0 spiro atoms. The summed E-state index contributed by atoms with van der Waals surface area (Å²) in [4.78, 5) is -2.87. The standard InChI is InChI=1S/C9H2F8N2S/c10-9(11,12)8-2-6(20(13,14,15,16)17)1-5(3-18)7(8)4-19/h1-2H. The Bertz CT molecular complexity index is 659. The molecule has 11 heteroatoms. The molecule has 0 aromatic heterocycles. The van der Waals surface area contributed by atoms with Gasteiger partial charge in [0.1, 0.15) is 17.0 Å². The first-order valence-corrected chi connectivity index (χ1v) is 6.35. The fraction of sp³-hybridized carbons (Fsp3) is 0.111. The van der Waals surface area contributed by atoms with Crippen molar-refractivity contribution in [1.29, 1.82) is 10.5 Å². The van der Waals surface area contributed by atoms with E-state index in [1.165, 1.54) is 0 Å². The minimum absolute atomic E-state index is 0.463. The Morgan fingerprint density at radius 1 is 0.900 bits per heavy atom. The van der Waals surface area contributed by atoms with Crippen LogP contribution < -0.4 is 0 Å². The summed E-state index contributed by atoms with van der Waals surface area (Å²) in [7, 11) is -10.4. The van der Waals surface area contributed by atoms with E-state index in [1.54, 1.807) is 0 Å². The van der Waals surface area contributed by atoms with Crippen LogP contribution in [0.5, 0.6) is 0 Å². The molecule has 0 aliphatic heterocycles. The Morgan fingerprint density at radius 2 is 1.40 bits per heavy atom. The maximum atomic E-state index is 12.5.